The normalized spacial score (nSPS) is 18.1. The first kappa shape index (κ1) is 9.99. The number of methoxy groups -OCH3 is 1. The third kappa shape index (κ3) is 2.10. The third-order valence-electron chi connectivity index (χ3n) is 2.66. The first-order chi connectivity index (χ1) is 6.85. The van der Waals surface area contributed by atoms with Crippen molar-refractivity contribution in [1.82, 2.24) is 5.32 Å². The van der Waals surface area contributed by atoms with E-state index in [0.29, 0.717) is 6.04 Å². The minimum atomic E-state index is 0.564. The van der Waals surface area contributed by atoms with Crippen molar-refractivity contribution < 1.29 is 4.74 Å². The van der Waals surface area contributed by atoms with Crippen LogP contribution in [0.15, 0.2) is 11.4 Å². The number of hydrogen-bond acceptors (Lipinski definition) is 3. The van der Waals surface area contributed by atoms with Crippen LogP contribution in [-0.4, -0.2) is 13.7 Å². The van der Waals surface area contributed by atoms with Crippen LogP contribution in [0.5, 0.6) is 5.75 Å². The maximum Gasteiger partial charge on any atom is 0.129 e. The van der Waals surface area contributed by atoms with E-state index in [1.54, 1.807) is 18.4 Å². The minimum Gasteiger partial charge on any atom is -0.496 e. The molecule has 0 saturated heterocycles. The highest BCUT2D eigenvalue weighted by atomic mass is 32.1. The molecule has 2 rings (SSSR count). The summed E-state index contributed by atoms with van der Waals surface area (Å²) in [6.07, 6.45) is 2.75. The summed E-state index contributed by atoms with van der Waals surface area (Å²) in [5.41, 5.74) is 0. The first-order valence-corrected chi connectivity index (χ1v) is 6.09. The Morgan fingerprint density at radius 3 is 2.93 bits per heavy atom. The monoisotopic (exact) mass is 211 g/mol. The largest absolute Gasteiger partial charge is 0.496 e. The molecular weight excluding hydrogens is 194 g/mol. The van der Waals surface area contributed by atoms with Gasteiger partial charge in [-0.15, -0.1) is 11.3 Å². The lowest BCUT2D eigenvalue weighted by molar-refractivity contribution is 0.415. The molecule has 78 valence electrons. The summed E-state index contributed by atoms with van der Waals surface area (Å²) in [5.74, 6) is 1.85. The molecule has 0 aromatic carbocycles. The lowest BCUT2D eigenvalue weighted by Gasteiger charge is -2.14. The fourth-order valence-electron chi connectivity index (χ4n) is 1.75. The standard InChI is InChI=1S/C11H17NOS/c1-3-12-11(8-4-5-8)10-6-9(13-2)7-14-10/h6-8,11-12H,3-5H2,1-2H3. The first-order valence-electron chi connectivity index (χ1n) is 5.21. The second-order valence-corrected chi connectivity index (χ2v) is 4.70. The molecule has 2 nitrogen and oxygen atoms in total. The van der Waals surface area contributed by atoms with Crippen LogP contribution in [0.4, 0.5) is 0 Å². The second kappa shape index (κ2) is 4.32. The molecule has 1 N–H and O–H groups in total. The highest BCUT2D eigenvalue weighted by Gasteiger charge is 2.32. The fraction of sp³-hybridized carbons (Fsp3) is 0.636. The summed E-state index contributed by atoms with van der Waals surface area (Å²) in [7, 11) is 1.73. The third-order valence-corrected chi connectivity index (χ3v) is 3.65. The van der Waals surface area contributed by atoms with E-state index in [0.717, 1.165) is 18.2 Å². The lowest BCUT2D eigenvalue weighted by atomic mass is 10.1. The van der Waals surface area contributed by atoms with Gasteiger partial charge in [0.05, 0.1) is 7.11 Å². The van der Waals surface area contributed by atoms with Gasteiger partial charge in [-0.1, -0.05) is 6.92 Å². The summed E-state index contributed by atoms with van der Waals surface area (Å²) >= 11 is 1.80. The SMILES string of the molecule is CCNC(c1cc(OC)cs1)C1CC1. The van der Waals surface area contributed by atoms with Crippen LogP contribution >= 0.6 is 11.3 Å². The molecule has 1 saturated carbocycles. The molecule has 1 heterocycles. The Bertz CT molecular complexity index is 293. The van der Waals surface area contributed by atoms with E-state index >= 15 is 0 Å². The Balaban J connectivity index is 2.08. The van der Waals surface area contributed by atoms with E-state index in [2.05, 4.69) is 23.7 Å². The Morgan fingerprint density at radius 1 is 1.64 bits per heavy atom. The van der Waals surface area contributed by atoms with Crippen molar-refractivity contribution in [3.63, 3.8) is 0 Å². The van der Waals surface area contributed by atoms with Gasteiger partial charge >= 0.3 is 0 Å². The highest BCUT2D eigenvalue weighted by Crippen LogP contribution is 2.43. The average Bonchev–Trinajstić information content (AvgIpc) is 2.92. The summed E-state index contributed by atoms with van der Waals surface area (Å²) < 4.78 is 5.21. The van der Waals surface area contributed by atoms with Gasteiger partial charge in [0.25, 0.3) is 0 Å². The van der Waals surface area contributed by atoms with E-state index < -0.39 is 0 Å². The van der Waals surface area contributed by atoms with Crippen molar-refractivity contribution in [2.45, 2.75) is 25.8 Å². The molecule has 3 heteroatoms. The highest BCUT2D eigenvalue weighted by molar-refractivity contribution is 7.10. The van der Waals surface area contributed by atoms with Crippen molar-refractivity contribution >= 4 is 11.3 Å². The molecule has 1 atom stereocenters. The molecule has 1 unspecified atom stereocenters. The molecular formula is C11H17NOS. The van der Waals surface area contributed by atoms with Gasteiger partial charge in [-0.3, -0.25) is 0 Å². The van der Waals surface area contributed by atoms with Gasteiger partial charge in [0, 0.05) is 16.3 Å². The Kier molecular flexibility index (Phi) is 3.08. The van der Waals surface area contributed by atoms with Gasteiger partial charge in [0.15, 0.2) is 0 Å². The number of thiophene rings is 1. The average molecular weight is 211 g/mol. The molecule has 0 aliphatic heterocycles. The summed E-state index contributed by atoms with van der Waals surface area (Å²) in [4.78, 5) is 1.42. The quantitative estimate of drug-likeness (QED) is 0.808. The molecule has 0 radical (unpaired) electrons. The van der Waals surface area contributed by atoms with E-state index in [-0.39, 0.29) is 0 Å². The van der Waals surface area contributed by atoms with Crippen LogP contribution in [0.1, 0.15) is 30.7 Å². The van der Waals surface area contributed by atoms with Crippen molar-refractivity contribution in [2.75, 3.05) is 13.7 Å². The molecule has 0 amide bonds. The zero-order chi connectivity index (χ0) is 9.97. The van der Waals surface area contributed by atoms with Crippen LogP contribution in [0.25, 0.3) is 0 Å². The topological polar surface area (TPSA) is 21.3 Å². The van der Waals surface area contributed by atoms with Crippen molar-refractivity contribution in [2.24, 2.45) is 5.92 Å². The Hall–Kier alpha value is -0.540. The lowest BCUT2D eigenvalue weighted by Crippen LogP contribution is -2.21. The van der Waals surface area contributed by atoms with E-state index in [1.807, 2.05) is 0 Å². The maximum atomic E-state index is 5.21. The minimum absolute atomic E-state index is 0.564. The molecule has 0 spiro atoms. The number of rotatable bonds is 5. The second-order valence-electron chi connectivity index (χ2n) is 3.76. The molecule has 0 bridgehead atoms. The van der Waals surface area contributed by atoms with E-state index in [9.17, 15) is 0 Å². The van der Waals surface area contributed by atoms with Crippen LogP contribution < -0.4 is 10.1 Å². The molecule has 1 aliphatic carbocycles. The van der Waals surface area contributed by atoms with Crippen LogP contribution in [0.3, 0.4) is 0 Å². The van der Waals surface area contributed by atoms with Crippen molar-refractivity contribution in [3.05, 3.63) is 16.3 Å². The van der Waals surface area contributed by atoms with Crippen molar-refractivity contribution in [3.8, 4) is 5.75 Å². The van der Waals surface area contributed by atoms with Crippen LogP contribution in [0, 0.1) is 5.92 Å². The number of nitrogens with one attached hydrogen (secondary N) is 1. The van der Waals surface area contributed by atoms with Gasteiger partial charge in [0.2, 0.25) is 0 Å². The van der Waals surface area contributed by atoms with Gasteiger partial charge < -0.3 is 10.1 Å². The van der Waals surface area contributed by atoms with Crippen molar-refractivity contribution in [1.29, 1.82) is 0 Å². The maximum absolute atomic E-state index is 5.21. The molecule has 14 heavy (non-hydrogen) atoms. The summed E-state index contributed by atoms with van der Waals surface area (Å²) in [5, 5.41) is 5.64. The van der Waals surface area contributed by atoms with Gasteiger partial charge in [-0.25, -0.2) is 0 Å². The summed E-state index contributed by atoms with van der Waals surface area (Å²) in [6.45, 7) is 3.21. The van der Waals surface area contributed by atoms with E-state index in [1.165, 1.54) is 17.7 Å². The molecule has 1 aliphatic rings. The van der Waals surface area contributed by atoms with Gasteiger partial charge in [0.1, 0.15) is 5.75 Å². The predicted molar refractivity (Wildman–Crippen MR) is 60.0 cm³/mol. The fourth-order valence-corrected chi connectivity index (χ4v) is 2.78. The Labute approximate surface area is 89.3 Å². The Morgan fingerprint density at radius 2 is 2.43 bits per heavy atom. The number of ether oxygens (including phenoxy) is 1. The van der Waals surface area contributed by atoms with Gasteiger partial charge in [-0.05, 0) is 31.4 Å². The zero-order valence-corrected chi connectivity index (χ0v) is 9.56. The molecule has 1 aromatic rings. The smallest absolute Gasteiger partial charge is 0.129 e. The van der Waals surface area contributed by atoms with Crippen LogP contribution in [-0.2, 0) is 0 Å². The molecule has 1 aromatic heterocycles. The van der Waals surface area contributed by atoms with E-state index in [4.69, 9.17) is 4.74 Å². The van der Waals surface area contributed by atoms with Crippen LogP contribution in [0.2, 0.25) is 0 Å². The molecule has 1 fully saturated rings. The predicted octanol–water partition coefficient (Wildman–Crippen LogP) is 2.82. The number of hydrogen-bond donors (Lipinski definition) is 1. The zero-order valence-electron chi connectivity index (χ0n) is 8.75. The van der Waals surface area contributed by atoms with Gasteiger partial charge in [-0.2, -0.15) is 0 Å². The summed E-state index contributed by atoms with van der Waals surface area (Å²) in [6, 6.07) is 2.73.